The maximum Gasteiger partial charge on any atom is 0.433 e. The van der Waals surface area contributed by atoms with Crippen molar-refractivity contribution in [3.05, 3.63) is 28.4 Å². The zero-order chi connectivity index (χ0) is 23.3. The maximum absolute atomic E-state index is 13.4. The minimum atomic E-state index is -4.53. The van der Waals surface area contributed by atoms with E-state index < -0.39 is 18.0 Å². The van der Waals surface area contributed by atoms with Gasteiger partial charge in [0.05, 0.1) is 11.8 Å². The average molecular weight is 498 g/mol. The second kappa shape index (κ2) is 8.74. The van der Waals surface area contributed by atoms with Gasteiger partial charge >= 0.3 is 6.18 Å². The van der Waals surface area contributed by atoms with Crippen LogP contribution in [-0.2, 0) is 12.6 Å². The van der Waals surface area contributed by atoms with Crippen LogP contribution < -0.4 is 9.80 Å². The predicted octanol–water partition coefficient (Wildman–Crippen LogP) is 4.20. The number of aromatic nitrogens is 3. The third-order valence-corrected chi connectivity index (χ3v) is 9.09. The lowest BCUT2D eigenvalue weighted by Gasteiger charge is -2.36. The van der Waals surface area contributed by atoms with E-state index in [0.29, 0.717) is 36.7 Å². The summed E-state index contributed by atoms with van der Waals surface area (Å²) in [6.07, 6.45) is -0.0394. The molecule has 33 heavy (non-hydrogen) atoms. The molecule has 2 aromatic rings. The topological polar surface area (TPSA) is 65.4 Å². The number of hydrogen-bond acceptors (Lipinski definition) is 8. The van der Waals surface area contributed by atoms with Crippen LogP contribution in [0, 0.1) is 17.8 Å². The normalized spacial score (nSPS) is 25.1. The van der Waals surface area contributed by atoms with Crippen molar-refractivity contribution in [1.82, 2.24) is 15.0 Å². The minimum absolute atomic E-state index is 0.0465. The molecule has 3 aliphatic rings. The number of halogens is 3. The van der Waals surface area contributed by atoms with E-state index in [9.17, 15) is 18.3 Å². The van der Waals surface area contributed by atoms with Crippen LogP contribution in [0.15, 0.2) is 16.5 Å². The molecule has 0 amide bonds. The molecule has 1 N–H and O–H groups in total. The van der Waals surface area contributed by atoms with E-state index in [1.165, 1.54) is 4.88 Å². The second-order valence-corrected chi connectivity index (χ2v) is 11.2. The second-order valence-electron chi connectivity index (χ2n) is 8.82. The molecular formula is C22H26F3N5OS2. The fourth-order valence-corrected chi connectivity index (χ4v) is 7.14. The molecule has 2 atom stereocenters. The number of aliphatic hydroxyl groups is 1. The first-order chi connectivity index (χ1) is 15.8. The Labute approximate surface area is 198 Å². The van der Waals surface area contributed by atoms with E-state index in [4.69, 9.17) is 4.98 Å². The van der Waals surface area contributed by atoms with E-state index >= 15 is 0 Å². The van der Waals surface area contributed by atoms with Crippen molar-refractivity contribution in [2.24, 2.45) is 17.8 Å². The number of nitrogens with zero attached hydrogens (tertiary/aromatic N) is 5. The molecule has 11 heteroatoms. The van der Waals surface area contributed by atoms with Gasteiger partial charge in [-0.3, -0.25) is 0 Å². The van der Waals surface area contributed by atoms with Crippen molar-refractivity contribution >= 4 is 40.9 Å². The maximum atomic E-state index is 13.4. The standard InChI is InChI=1S/C22H26F3N5OS2/c1-3-5-16-17(4-2)33-21(26-16)32-11-15-13-9-29(10-14(13)15)19-6-18(22(23,24)25)27-20(28-19)30-7-12(31)8-30/h3,5-6,12-15,31H,4,7-11H2,1-2H3/b5-3-. The zero-order valence-electron chi connectivity index (χ0n) is 18.4. The van der Waals surface area contributed by atoms with Gasteiger partial charge in [0.15, 0.2) is 10.0 Å². The van der Waals surface area contributed by atoms with E-state index in [-0.39, 0.29) is 19.0 Å². The molecule has 5 rings (SSSR count). The number of rotatable bonds is 7. The summed E-state index contributed by atoms with van der Waals surface area (Å²) >= 11 is 3.55. The first-order valence-corrected chi connectivity index (χ1v) is 13.0. The van der Waals surface area contributed by atoms with Crippen molar-refractivity contribution < 1.29 is 18.3 Å². The molecule has 2 aromatic heterocycles. The SMILES string of the molecule is C/C=C\c1nc(SCC2C3CN(c4cc(C(F)(F)F)nc(N5CC(O)C5)n4)CC23)sc1CC. The van der Waals surface area contributed by atoms with Crippen LogP contribution in [0.5, 0.6) is 0 Å². The largest absolute Gasteiger partial charge is 0.433 e. The Bertz CT molecular complexity index is 1040. The molecule has 2 saturated heterocycles. The number of aliphatic hydroxyl groups excluding tert-OH is 1. The third kappa shape index (κ3) is 4.59. The number of piperidine rings is 1. The van der Waals surface area contributed by atoms with Crippen LogP contribution in [0.3, 0.4) is 0 Å². The molecule has 1 aliphatic carbocycles. The van der Waals surface area contributed by atoms with E-state index in [1.54, 1.807) is 28.0 Å². The van der Waals surface area contributed by atoms with Gasteiger partial charge in [-0.05, 0) is 37.2 Å². The number of aryl methyl sites for hydroxylation is 1. The molecule has 2 unspecified atom stereocenters. The van der Waals surface area contributed by atoms with Crippen LogP contribution in [0.1, 0.15) is 30.1 Å². The van der Waals surface area contributed by atoms with Gasteiger partial charge in [0.1, 0.15) is 5.82 Å². The number of fused-ring (bicyclic) bond motifs is 1. The fraction of sp³-hybridized carbons (Fsp3) is 0.591. The lowest BCUT2D eigenvalue weighted by atomic mass is 10.2. The van der Waals surface area contributed by atoms with Crippen molar-refractivity contribution in [3.63, 3.8) is 0 Å². The predicted molar refractivity (Wildman–Crippen MR) is 125 cm³/mol. The Morgan fingerprint density at radius 2 is 1.88 bits per heavy atom. The van der Waals surface area contributed by atoms with E-state index in [0.717, 1.165) is 28.3 Å². The van der Waals surface area contributed by atoms with Crippen molar-refractivity contribution in [2.75, 3.05) is 41.7 Å². The van der Waals surface area contributed by atoms with Crippen molar-refractivity contribution in [1.29, 1.82) is 0 Å². The summed E-state index contributed by atoms with van der Waals surface area (Å²) in [5.41, 5.74) is 0.133. The Morgan fingerprint density at radius 3 is 2.48 bits per heavy atom. The summed E-state index contributed by atoms with van der Waals surface area (Å²) in [4.78, 5) is 17.7. The molecule has 0 radical (unpaired) electrons. The molecule has 0 bridgehead atoms. The van der Waals surface area contributed by atoms with Gasteiger partial charge in [-0.1, -0.05) is 24.8 Å². The fourth-order valence-electron chi connectivity index (χ4n) is 4.68. The van der Waals surface area contributed by atoms with E-state index in [2.05, 4.69) is 23.0 Å². The highest BCUT2D eigenvalue weighted by atomic mass is 32.2. The number of thioether (sulfide) groups is 1. The number of β-amino-alcohol motifs (C(OH)–C–C–N with tert-alkyl or cyclic N) is 1. The molecule has 0 aromatic carbocycles. The Kier molecular flexibility index (Phi) is 6.07. The van der Waals surface area contributed by atoms with Crippen LogP contribution >= 0.6 is 23.1 Å². The first-order valence-electron chi connectivity index (χ1n) is 11.2. The summed E-state index contributed by atoms with van der Waals surface area (Å²) < 4.78 is 41.4. The summed E-state index contributed by atoms with van der Waals surface area (Å²) in [6.45, 7) is 6.09. The van der Waals surface area contributed by atoms with Gasteiger partial charge in [-0.15, -0.1) is 11.3 Å². The van der Waals surface area contributed by atoms with Crippen LogP contribution in [0.2, 0.25) is 0 Å². The highest BCUT2D eigenvalue weighted by molar-refractivity contribution is 8.01. The van der Waals surface area contributed by atoms with Crippen LogP contribution in [0.25, 0.3) is 6.08 Å². The third-order valence-electron chi connectivity index (χ3n) is 6.58. The first kappa shape index (κ1) is 22.9. The quantitative estimate of drug-likeness (QED) is 0.575. The smallest absolute Gasteiger partial charge is 0.389 e. The molecule has 6 nitrogen and oxygen atoms in total. The Morgan fingerprint density at radius 1 is 1.15 bits per heavy atom. The number of alkyl halides is 3. The molecule has 3 fully saturated rings. The van der Waals surface area contributed by atoms with Gasteiger partial charge in [0.2, 0.25) is 5.95 Å². The van der Waals surface area contributed by atoms with Gasteiger partial charge in [0.25, 0.3) is 0 Å². The molecule has 178 valence electrons. The number of allylic oxidation sites excluding steroid dienone is 1. The summed E-state index contributed by atoms with van der Waals surface area (Å²) in [7, 11) is 0. The summed E-state index contributed by atoms with van der Waals surface area (Å²) in [6, 6.07) is 1.05. The molecule has 1 saturated carbocycles. The van der Waals surface area contributed by atoms with Crippen molar-refractivity contribution in [2.45, 2.75) is 36.9 Å². The highest BCUT2D eigenvalue weighted by Crippen LogP contribution is 2.54. The van der Waals surface area contributed by atoms with Crippen molar-refractivity contribution in [3.8, 4) is 0 Å². The monoisotopic (exact) mass is 497 g/mol. The molecule has 2 aliphatic heterocycles. The van der Waals surface area contributed by atoms with E-state index in [1.807, 2.05) is 17.9 Å². The van der Waals surface area contributed by atoms with Crippen LogP contribution in [0.4, 0.5) is 24.9 Å². The van der Waals surface area contributed by atoms with Gasteiger partial charge in [-0.25, -0.2) is 9.97 Å². The summed E-state index contributed by atoms with van der Waals surface area (Å²) in [5, 5.41) is 9.51. The number of thiazole rings is 1. The highest BCUT2D eigenvalue weighted by Gasteiger charge is 2.55. The zero-order valence-corrected chi connectivity index (χ0v) is 20.1. The number of hydrogen-bond donors (Lipinski definition) is 1. The minimum Gasteiger partial charge on any atom is -0.389 e. The molecular weight excluding hydrogens is 471 g/mol. The Balaban J connectivity index is 1.22. The van der Waals surface area contributed by atoms with Gasteiger partial charge < -0.3 is 14.9 Å². The molecule has 0 spiro atoms. The lowest BCUT2D eigenvalue weighted by Crippen LogP contribution is -2.51. The lowest BCUT2D eigenvalue weighted by molar-refractivity contribution is -0.141. The summed E-state index contributed by atoms with van der Waals surface area (Å²) in [5.74, 6) is 2.90. The van der Waals surface area contributed by atoms with Crippen LogP contribution in [-0.4, -0.2) is 58.1 Å². The Hall–Kier alpha value is -1.85. The average Bonchev–Trinajstić information content (AvgIpc) is 3.08. The number of anilines is 2. The van der Waals surface area contributed by atoms with Gasteiger partial charge in [0, 0.05) is 42.9 Å². The molecule has 4 heterocycles. The van der Waals surface area contributed by atoms with Gasteiger partial charge in [-0.2, -0.15) is 18.2 Å².